The van der Waals surface area contributed by atoms with Crippen molar-refractivity contribution in [2.45, 2.75) is 83.7 Å². The molecule has 0 radical (unpaired) electrons. The van der Waals surface area contributed by atoms with Gasteiger partial charge in [0.05, 0.1) is 16.7 Å². The minimum absolute atomic E-state index is 0.00259. The number of fused-ring (bicyclic) bond motifs is 3. The molecule has 10 nitrogen and oxygen atoms in total. The highest BCUT2D eigenvalue weighted by Gasteiger charge is 2.52. The molecular formula is C29H33BBrN5O5. The standard InChI is InChI=1S/C29H33BBrN5O5/c1-16(37)25-20-14-18(30-40-28(2,3)29(4,5)41-30)10-12-21(20)35(34-25)15-24(38)36-19-11-9-17(13-19)26(36)27(39)33-23-8-6-7-22(31)32-23/h6-8,10,12,14,17,19,26H,9,11,13,15H2,1-5H3,(H,32,33,39)/t17-,19+,26-/m0/s1. The van der Waals surface area contributed by atoms with Crippen molar-refractivity contribution in [1.29, 1.82) is 0 Å². The molecule has 214 valence electrons. The van der Waals surface area contributed by atoms with Gasteiger partial charge in [0.1, 0.15) is 28.7 Å². The summed E-state index contributed by atoms with van der Waals surface area (Å²) in [6.45, 7) is 9.34. The molecule has 1 aliphatic carbocycles. The van der Waals surface area contributed by atoms with E-state index in [9.17, 15) is 14.4 Å². The van der Waals surface area contributed by atoms with Gasteiger partial charge in [-0.1, -0.05) is 18.2 Å². The van der Waals surface area contributed by atoms with Crippen LogP contribution in [0.2, 0.25) is 0 Å². The van der Waals surface area contributed by atoms with Crippen molar-refractivity contribution in [3.05, 3.63) is 46.7 Å². The molecule has 12 heteroatoms. The van der Waals surface area contributed by atoms with E-state index in [1.807, 2.05) is 45.9 Å². The minimum atomic E-state index is -0.590. The van der Waals surface area contributed by atoms with Gasteiger partial charge in [-0.2, -0.15) is 5.10 Å². The summed E-state index contributed by atoms with van der Waals surface area (Å²) < 4.78 is 14.6. The first kappa shape index (κ1) is 28.1. The van der Waals surface area contributed by atoms with Gasteiger partial charge in [-0.05, 0) is 92.5 Å². The van der Waals surface area contributed by atoms with Gasteiger partial charge in [0.25, 0.3) is 0 Å². The highest BCUT2D eigenvalue weighted by atomic mass is 79.9. The van der Waals surface area contributed by atoms with Crippen LogP contribution >= 0.6 is 15.9 Å². The molecule has 1 saturated carbocycles. The van der Waals surface area contributed by atoms with Crippen LogP contribution in [0.4, 0.5) is 5.82 Å². The summed E-state index contributed by atoms with van der Waals surface area (Å²) in [5, 5.41) is 8.08. The summed E-state index contributed by atoms with van der Waals surface area (Å²) in [6, 6.07) is 10.3. The van der Waals surface area contributed by atoms with E-state index >= 15 is 0 Å². The Hall–Kier alpha value is -3.09. The first-order valence-corrected chi connectivity index (χ1v) is 14.8. The summed E-state index contributed by atoms with van der Waals surface area (Å²) in [5.41, 5.74) is 0.714. The number of pyridine rings is 1. The average molecular weight is 622 g/mol. The Kier molecular flexibility index (Phi) is 6.86. The number of halogens is 1. The Balaban J connectivity index is 1.27. The van der Waals surface area contributed by atoms with Crippen LogP contribution in [0.1, 0.15) is 64.4 Å². The van der Waals surface area contributed by atoms with Crippen LogP contribution in [0.3, 0.4) is 0 Å². The molecule has 41 heavy (non-hydrogen) atoms. The summed E-state index contributed by atoms with van der Waals surface area (Å²) in [6.07, 6.45) is 2.57. The molecule has 3 aliphatic rings. The molecule has 2 amide bonds. The second-order valence-corrected chi connectivity index (χ2v) is 13.0. The number of nitrogens with one attached hydrogen (secondary N) is 1. The largest absolute Gasteiger partial charge is 0.494 e. The van der Waals surface area contributed by atoms with Crippen LogP contribution < -0.4 is 10.8 Å². The van der Waals surface area contributed by atoms with Gasteiger partial charge < -0.3 is 19.5 Å². The molecular weight excluding hydrogens is 589 g/mol. The molecule has 2 aliphatic heterocycles. The summed E-state index contributed by atoms with van der Waals surface area (Å²) >= 11 is 3.33. The van der Waals surface area contributed by atoms with Gasteiger partial charge in [0.2, 0.25) is 11.8 Å². The van der Waals surface area contributed by atoms with E-state index in [4.69, 9.17) is 9.31 Å². The smallest absolute Gasteiger partial charge is 0.399 e. The zero-order chi connectivity index (χ0) is 29.3. The van der Waals surface area contributed by atoms with Gasteiger partial charge in [-0.3, -0.25) is 19.1 Å². The fraction of sp³-hybridized carbons (Fsp3) is 0.483. The van der Waals surface area contributed by atoms with Crippen molar-refractivity contribution in [2.24, 2.45) is 5.92 Å². The molecule has 3 atom stereocenters. The Bertz CT molecular complexity index is 1560. The van der Waals surface area contributed by atoms with Crippen molar-refractivity contribution in [1.82, 2.24) is 19.7 Å². The van der Waals surface area contributed by atoms with E-state index in [-0.39, 0.29) is 41.8 Å². The normalized spacial score (nSPS) is 24.3. The van der Waals surface area contributed by atoms with Gasteiger partial charge in [-0.25, -0.2) is 4.98 Å². The number of anilines is 1. The number of piperidine rings is 1. The monoisotopic (exact) mass is 621 g/mol. The fourth-order valence-corrected chi connectivity index (χ4v) is 6.62. The zero-order valence-corrected chi connectivity index (χ0v) is 25.4. The summed E-state index contributed by atoms with van der Waals surface area (Å²) in [5.74, 6) is -0.111. The van der Waals surface area contributed by atoms with E-state index in [0.717, 1.165) is 24.7 Å². The number of carbonyl (C=O) groups excluding carboxylic acids is 3. The molecule has 1 aromatic carbocycles. The van der Waals surface area contributed by atoms with Gasteiger partial charge in [0.15, 0.2) is 5.78 Å². The second-order valence-electron chi connectivity index (χ2n) is 12.2. The molecule has 2 saturated heterocycles. The lowest BCUT2D eigenvalue weighted by Crippen LogP contribution is -2.52. The topological polar surface area (TPSA) is 116 Å². The van der Waals surface area contributed by atoms with Crippen molar-refractivity contribution in [2.75, 3.05) is 5.32 Å². The fourth-order valence-electron chi connectivity index (χ4n) is 6.28. The number of hydrogen-bond donors (Lipinski definition) is 1. The number of Topliss-reactive ketones (excluding diaryl/α,β-unsaturated/α-hetero) is 1. The highest BCUT2D eigenvalue weighted by Crippen LogP contribution is 2.43. The molecule has 2 aromatic heterocycles. The first-order valence-electron chi connectivity index (χ1n) is 14.0. The van der Waals surface area contributed by atoms with E-state index in [2.05, 4.69) is 31.3 Å². The van der Waals surface area contributed by atoms with Crippen LogP contribution in [0.25, 0.3) is 10.9 Å². The molecule has 4 heterocycles. The molecule has 6 rings (SSSR count). The predicted molar refractivity (Wildman–Crippen MR) is 158 cm³/mol. The molecule has 3 aromatic rings. The Morgan fingerprint density at radius 1 is 1.10 bits per heavy atom. The number of benzene rings is 1. The SMILES string of the molecule is CC(=O)c1nn(CC(=O)N2[C@@H]3CC[C@@H](C3)[C@H]2C(=O)Nc2cccc(Br)n2)c2ccc(B3OC(C)(C)C(C)(C)O3)cc12. The lowest BCUT2D eigenvalue weighted by atomic mass is 9.78. The molecule has 2 bridgehead atoms. The second kappa shape index (κ2) is 10.0. The number of rotatable bonds is 6. The van der Waals surface area contributed by atoms with E-state index in [0.29, 0.717) is 21.3 Å². The predicted octanol–water partition coefficient (Wildman–Crippen LogP) is 3.71. The van der Waals surface area contributed by atoms with Gasteiger partial charge in [0, 0.05) is 18.4 Å². The number of ketones is 1. The number of carbonyl (C=O) groups is 3. The van der Waals surface area contributed by atoms with Crippen LogP contribution in [0.15, 0.2) is 41.0 Å². The van der Waals surface area contributed by atoms with Crippen LogP contribution in [0.5, 0.6) is 0 Å². The number of hydrogen-bond acceptors (Lipinski definition) is 7. The third-order valence-corrected chi connectivity index (χ3v) is 9.47. The maximum Gasteiger partial charge on any atom is 0.494 e. The lowest BCUT2D eigenvalue weighted by molar-refractivity contribution is -0.141. The maximum atomic E-state index is 13.8. The third kappa shape index (κ3) is 4.89. The average Bonchev–Trinajstić information content (AvgIpc) is 3.65. The van der Waals surface area contributed by atoms with E-state index in [1.165, 1.54) is 6.92 Å². The summed E-state index contributed by atoms with van der Waals surface area (Å²) in [4.78, 5) is 45.8. The Labute approximate surface area is 247 Å². The van der Waals surface area contributed by atoms with Crippen LogP contribution in [-0.2, 0) is 25.4 Å². The van der Waals surface area contributed by atoms with Gasteiger partial charge >= 0.3 is 7.12 Å². The lowest BCUT2D eigenvalue weighted by Gasteiger charge is -2.34. The van der Waals surface area contributed by atoms with Crippen molar-refractivity contribution >= 4 is 62.8 Å². The molecule has 1 N–H and O–H groups in total. The van der Waals surface area contributed by atoms with Crippen LogP contribution in [0, 0.1) is 5.92 Å². The number of nitrogens with zero attached hydrogens (tertiary/aromatic N) is 4. The molecule has 3 fully saturated rings. The number of amides is 2. The van der Waals surface area contributed by atoms with E-state index in [1.54, 1.807) is 27.8 Å². The first-order chi connectivity index (χ1) is 19.3. The number of likely N-dealkylation sites (tertiary alicyclic amines) is 1. The highest BCUT2D eigenvalue weighted by molar-refractivity contribution is 9.10. The molecule has 0 spiro atoms. The third-order valence-electron chi connectivity index (χ3n) is 9.03. The van der Waals surface area contributed by atoms with Crippen molar-refractivity contribution < 1.29 is 23.7 Å². The quantitative estimate of drug-likeness (QED) is 0.253. The molecule has 0 unspecified atom stereocenters. The Morgan fingerprint density at radius 3 is 2.51 bits per heavy atom. The van der Waals surface area contributed by atoms with E-state index < -0.39 is 24.4 Å². The van der Waals surface area contributed by atoms with Crippen molar-refractivity contribution in [3.8, 4) is 0 Å². The zero-order valence-electron chi connectivity index (χ0n) is 23.8. The van der Waals surface area contributed by atoms with Crippen molar-refractivity contribution in [3.63, 3.8) is 0 Å². The number of aromatic nitrogens is 3. The Morgan fingerprint density at radius 2 is 1.83 bits per heavy atom. The summed E-state index contributed by atoms with van der Waals surface area (Å²) in [7, 11) is -0.590. The maximum absolute atomic E-state index is 13.8. The van der Waals surface area contributed by atoms with Gasteiger partial charge in [-0.15, -0.1) is 0 Å². The minimum Gasteiger partial charge on any atom is -0.399 e. The van der Waals surface area contributed by atoms with Crippen LogP contribution in [-0.4, -0.2) is 67.7 Å².